The molecule has 0 aromatic heterocycles. The SMILES string of the molecule is CCCCCCCCCCCCOS(=O)(=O)O.CCCCCC[CH](C)[Na]. The van der Waals surface area contributed by atoms with E-state index >= 15 is 0 Å². The summed E-state index contributed by atoms with van der Waals surface area (Å²) >= 11 is 1.39. The van der Waals surface area contributed by atoms with Crippen molar-refractivity contribution in [1.82, 2.24) is 0 Å². The van der Waals surface area contributed by atoms with E-state index in [4.69, 9.17) is 4.55 Å². The van der Waals surface area contributed by atoms with Crippen LogP contribution in [0.1, 0.15) is 117 Å². The molecule has 1 atom stereocenters. The molecule has 0 saturated heterocycles. The van der Waals surface area contributed by atoms with Gasteiger partial charge in [0.1, 0.15) is 0 Å². The molecule has 0 aliphatic rings. The third-order valence-corrected chi connectivity index (χ3v) is 5.41. The monoisotopic (exact) mass is 402 g/mol. The van der Waals surface area contributed by atoms with Gasteiger partial charge in [0.15, 0.2) is 0 Å². The quantitative estimate of drug-likeness (QED) is 0.168. The van der Waals surface area contributed by atoms with Crippen molar-refractivity contribution in [2.45, 2.75) is 120 Å². The molecule has 0 aliphatic heterocycles. The molecule has 1 N–H and O–H groups in total. The van der Waals surface area contributed by atoms with E-state index in [2.05, 4.69) is 25.0 Å². The van der Waals surface area contributed by atoms with E-state index in [1.54, 1.807) is 0 Å². The summed E-state index contributed by atoms with van der Waals surface area (Å²) in [6, 6.07) is 0. The summed E-state index contributed by atoms with van der Waals surface area (Å²) in [6.07, 6.45) is 19.1. The normalized spacial score (nSPS) is 12.5. The molecule has 0 aliphatic carbocycles. The van der Waals surface area contributed by atoms with Crippen molar-refractivity contribution in [2.75, 3.05) is 6.61 Å². The Morgan fingerprint density at radius 1 is 0.769 bits per heavy atom. The van der Waals surface area contributed by atoms with Crippen LogP contribution in [-0.4, -0.2) is 47.5 Å². The van der Waals surface area contributed by atoms with E-state index in [0.717, 1.165) is 16.0 Å². The molecule has 4 nitrogen and oxygen atoms in total. The molecule has 154 valence electrons. The van der Waals surface area contributed by atoms with Crippen molar-refractivity contribution >= 4 is 38.3 Å². The van der Waals surface area contributed by atoms with Crippen LogP contribution in [0.2, 0.25) is 3.17 Å². The second-order valence-corrected chi connectivity index (χ2v) is 10.7. The molecule has 6 heteroatoms. The third-order valence-electron chi connectivity index (χ3n) is 4.37. The third kappa shape index (κ3) is 32.5. The standard InChI is InChI=1S/C12H26O4S.C8H17.Na/c1-2-3-4-5-6-7-8-9-10-11-12-16-17(13,14)15;1-3-5-7-8-6-4-2;/h2-12H2,1H3,(H,13,14,15);3H,4-8H2,1-2H3;. The summed E-state index contributed by atoms with van der Waals surface area (Å²) in [5.41, 5.74) is 0. The van der Waals surface area contributed by atoms with Crippen molar-refractivity contribution in [2.24, 2.45) is 0 Å². The van der Waals surface area contributed by atoms with E-state index in [9.17, 15) is 8.42 Å². The topological polar surface area (TPSA) is 63.6 Å². The zero-order valence-corrected chi connectivity index (χ0v) is 20.8. The van der Waals surface area contributed by atoms with Gasteiger partial charge in [0.05, 0.1) is 6.61 Å². The Morgan fingerprint density at radius 2 is 1.15 bits per heavy atom. The van der Waals surface area contributed by atoms with Crippen LogP contribution in [0.4, 0.5) is 0 Å². The zero-order chi connectivity index (χ0) is 20.1. The van der Waals surface area contributed by atoms with Crippen molar-refractivity contribution in [3.63, 3.8) is 0 Å². The Kier molecular flexibility index (Phi) is 24.8. The second-order valence-electron chi connectivity index (χ2n) is 7.67. The Balaban J connectivity index is 0. The maximum atomic E-state index is 10.2. The van der Waals surface area contributed by atoms with E-state index in [1.165, 1.54) is 105 Å². The van der Waals surface area contributed by atoms with Crippen molar-refractivity contribution in [3.8, 4) is 0 Å². The first-order valence-electron chi connectivity index (χ1n) is 10.9. The molecule has 0 aromatic carbocycles. The van der Waals surface area contributed by atoms with Crippen LogP contribution in [0.5, 0.6) is 0 Å². The molecule has 1 unspecified atom stereocenters. The van der Waals surface area contributed by atoms with Gasteiger partial charge in [0.2, 0.25) is 0 Å². The van der Waals surface area contributed by atoms with Gasteiger partial charge in [-0.25, -0.2) is 4.18 Å². The van der Waals surface area contributed by atoms with Crippen molar-refractivity contribution < 1.29 is 17.2 Å². The Labute approximate surface area is 181 Å². The molecule has 0 spiro atoms. The number of hydrogen-bond donors (Lipinski definition) is 1. The molecule has 0 bridgehead atoms. The van der Waals surface area contributed by atoms with Gasteiger partial charge < -0.3 is 0 Å². The molecule has 0 fully saturated rings. The first-order chi connectivity index (χ1) is 12.3. The predicted molar refractivity (Wildman–Crippen MR) is 113 cm³/mol. The molecule has 0 heterocycles. The summed E-state index contributed by atoms with van der Waals surface area (Å²) in [6.45, 7) is 6.94. The van der Waals surface area contributed by atoms with E-state index < -0.39 is 10.4 Å². The summed E-state index contributed by atoms with van der Waals surface area (Å²) in [4.78, 5) is 0. The first kappa shape index (κ1) is 29.1. The van der Waals surface area contributed by atoms with Gasteiger partial charge in [-0.2, -0.15) is 8.42 Å². The van der Waals surface area contributed by atoms with Crippen LogP contribution in [0, 0.1) is 0 Å². The summed E-state index contributed by atoms with van der Waals surface area (Å²) in [5.74, 6) is 0. The van der Waals surface area contributed by atoms with Crippen LogP contribution in [0.3, 0.4) is 0 Å². The van der Waals surface area contributed by atoms with E-state index in [0.29, 0.717) is 6.42 Å². The van der Waals surface area contributed by atoms with Crippen LogP contribution in [0.15, 0.2) is 0 Å². The molecule has 0 rings (SSSR count). The summed E-state index contributed by atoms with van der Waals surface area (Å²) in [7, 11) is -4.23. The van der Waals surface area contributed by atoms with Gasteiger partial charge in [0.25, 0.3) is 0 Å². The molecule has 0 amide bonds. The van der Waals surface area contributed by atoms with E-state index in [-0.39, 0.29) is 6.61 Å². The van der Waals surface area contributed by atoms with Crippen LogP contribution in [-0.2, 0) is 14.6 Å². The number of rotatable bonds is 17. The Bertz CT molecular complexity index is 359. The zero-order valence-electron chi connectivity index (χ0n) is 18.0. The van der Waals surface area contributed by atoms with Gasteiger partial charge in [-0.05, 0) is 6.42 Å². The fourth-order valence-electron chi connectivity index (χ4n) is 2.73. The van der Waals surface area contributed by atoms with Crippen LogP contribution < -0.4 is 0 Å². The van der Waals surface area contributed by atoms with Crippen molar-refractivity contribution in [3.05, 3.63) is 0 Å². The molecule has 0 radical (unpaired) electrons. The molecule has 26 heavy (non-hydrogen) atoms. The molecule has 0 aromatic rings. The van der Waals surface area contributed by atoms with Crippen LogP contribution in [0.25, 0.3) is 0 Å². The minimum atomic E-state index is -4.23. The predicted octanol–water partition coefficient (Wildman–Crippen LogP) is 6.66. The average Bonchev–Trinajstić information content (AvgIpc) is 2.56. The first-order valence-corrected chi connectivity index (χ1v) is 13.5. The fourth-order valence-corrected chi connectivity index (χ4v) is 3.47. The number of hydrogen-bond acceptors (Lipinski definition) is 3. The molecular weight excluding hydrogens is 359 g/mol. The van der Waals surface area contributed by atoms with Gasteiger partial charge in [-0.15, -0.1) is 0 Å². The summed E-state index contributed by atoms with van der Waals surface area (Å²) < 4.78 is 34.0. The Hall–Kier alpha value is 0.870. The fraction of sp³-hybridized carbons (Fsp3) is 1.00. The number of unbranched alkanes of at least 4 members (excludes halogenated alkanes) is 12. The van der Waals surface area contributed by atoms with Crippen molar-refractivity contribution in [1.29, 1.82) is 0 Å². The van der Waals surface area contributed by atoms with E-state index in [1.807, 2.05) is 0 Å². The molecule has 0 saturated carbocycles. The molecular formula is C20H43NaO4S. The minimum absolute atomic E-state index is 0.0926. The maximum absolute atomic E-state index is 10.2. The second kappa shape index (κ2) is 22.2. The summed E-state index contributed by atoms with van der Waals surface area (Å²) in [5, 5.41) is 0. The van der Waals surface area contributed by atoms with Gasteiger partial charge in [-0.1, -0.05) is 64.7 Å². The average molecular weight is 403 g/mol. The van der Waals surface area contributed by atoms with Gasteiger partial charge in [0, 0.05) is 0 Å². The van der Waals surface area contributed by atoms with Gasteiger partial charge in [-0.3, -0.25) is 4.55 Å². The van der Waals surface area contributed by atoms with Gasteiger partial charge >= 0.3 is 87.4 Å². The Morgan fingerprint density at radius 3 is 1.54 bits per heavy atom. The van der Waals surface area contributed by atoms with Crippen LogP contribution >= 0.6 is 0 Å².